The summed E-state index contributed by atoms with van der Waals surface area (Å²) in [5.41, 5.74) is 3.33. The van der Waals surface area contributed by atoms with E-state index in [0.29, 0.717) is 5.56 Å². The highest BCUT2D eigenvalue weighted by atomic mass is 15.1. The summed E-state index contributed by atoms with van der Waals surface area (Å²) in [7, 11) is 1.92. The molecule has 0 atom stereocenters. The number of imidazole rings is 1. The molecule has 0 saturated carbocycles. The van der Waals surface area contributed by atoms with E-state index in [1.807, 2.05) is 29.8 Å². The van der Waals surface area contributed by atoms with Crippen LogP contribution in [0.25, 0.3) is 22.4 Å². The number of hydrogen-bond acceptors (Lipinski definition) is 4. The van der Waals surface area contributed by atoms with Crippen molar-refractivity contribution < 1.29 is 0 Å². The van der Waals surface area contributed by atoms with Gasteiger partial charge in [-0.2, -0.15) is 15.5 Å². The third kappa shape index (κ3) is 1.52. The molecule has 5 nitrogen and oxygen atoms in total. The van der Waals surface area contributed by atoms with Crippen molar-refractivity contribution in [1.29, 1.82) is 5.26 Å². The van der Waals surface area contributed by atoms with Gasteiger partial charge in [-0.25, -0.2) is 4.98 Å². The van der Waals surface area contributed by atoms with Crippen molar-refractivity contribution in [3.8, 4) is 17.5 Å². The zero-order chi connectivity index (χ0) is 12.5. The van der Waals surface area contributed by atoms with Crippen molar-refractivity contribution in [3.63, 3.8) is 0 Å². The lowest BCUT2D eigenvalue weighted by atomic mass is 10.2. The van der Waals surface area contributed by atoms with Gasteiger partial charge >= 0.3 is 0 Å². The van der Waals surface area contributed by atoms with Crippen LogP contribution in [0.1, 0.15) is 5.56 Å². The Labute approximate surface area is 103 Å². The van der Waals surface area contributed by atoms with Gasteiger partial charge in [-0.05, 0) is 24.3 Å². The lowest BCUT2D eigenvalue weighted by molar-refractivity contribution is 0.949. The molecule has 3 aromatic rings. The van der Waals surface area contributed by atoms with Gasteiger partial charge in [0.05, 0.1) is 35.1 Å². The van der Waals surface area contributed by atoms with Crippen LogP contribution in [0.2, 0.25) is 0 Å². The highest BCUT2D eigenvalue weighted by Gasteiger charge is 2.10. The second-order valence-electron chi connectivity index (χ2n) is 3.94. The number of aryl methyl sites for hydroxylation is 1. The summed E-state index contributed by atoms with van der Waals surface area (Å²) in [4.78, 5) is 4.54. The second kappa shape index (κ2) is 3.93. The smallest absolute Gasteiger partial charge is 0.142 e. The highest BCUT2D eigenvalue weighted by Crippen LogP contribution is 2.23. The summed E-state index contributed by atoms with van der Waals surface area (Å²) in [5.74, 6) is 0.815. The van der Waals surface area contributed by atoms with Crippen molar-refractivity contribution >= 4 is 11.0 Å². The fourth-order valence-electron chi connectivity index (χ4n) is 1.94. The topological polar surface area (TPSA) is 67.4 Å². The molecule has 2 aromatic heterocycles. The van der Waals surface area contributed by atoms with E-state index in [1.165, 1.54) is 0 Å². The number of fused-ring (bicyclic) bond motifs is 1. The zero-order valence-electron chi connectivity index (χ0n) is 9.70. The van der Waals surface area contributed by atoms with Gasteiger partial charge in [0.2, 0.25) is 0 Å². The van der Waals surface area contributed by atoms with Crippen molar-refractivity contribution in [2.45, 2.75) is 0 Å². The normalized spacial score (nSPS) is 10.4. The molecular formula is C13H9N5. The van der Waals surface area contributed by atoms with E-state index in [0.717, 1.165) is 22.4 Å². The predicted octanol–water partition coefficient (Wildman–Crippen LogP) is 1.90. The van der Waals surface area contributed by atoms with E-state index in [1.54, 1.807) is 18.5 Å². The largest absolute Gasteiger partial charge is 0.327 e. The molecule has 86 valence electrons. The van der Waals surface area contributed by atoms with Crippen LogP contribution in [-0.4, -0.2) is 19.7 Å². The summed E-state index contributed by atoms with van der Waals surface area (Å²) >= 11 is 0. The molecule has 0 aliphatic carbocycles. The summed E-state index contributed by atoms with van der Waals surface area (Å²) in [6, 6.07) is 9.45. The van der Waals surface area contributed by atoms with Gasteiger partial charge in [0, 0.05) is 12.6 Å². The summed E-state index contributed by atoms with van der Waals surface area (Å²) in [6.45, 7) is 0. The van der Waals surface area contributed by atoms with E-state index in [2.05, 4.69) is 21.3 Å². The molecule has 3 rings (SSSR count). The first-order valence-electron chi connectivity index (χ1n) is 5.43. The minimum absolute atomic E-state index is 0.630. The predicted molar refractivity (Wildman–Crippen MR) is 66.5 cm³/mol. The van der Waals surface area contributed by atoms with Crippen LogP contribution in [0.15, 0.2) is 36.7 Å². The zero-order valence-corrected chi connectivity index (χ0v) is 9.70. The highest BCUT2D eigenvalue weighted by molar-refractivity contribution is 5.81. The fraction of sp³-hybridized carbons (Fsp3) is 0.0769. The maximum atomic E-state index is 8.91. The average Bonchev–Trinajstić information content (AvgIpc) is 2.77. The Morgan fingerprint density at radius 3 is 2.83 bits per heavy atom. The molecule has 0 N–H and O–H groups in total. The van der Waals surface area contributed by atoms with Gasteiger partial charge in [-0.15, -0.1) is 0 Å². The second-order valence-corrected chi connectivity index (χ2v) is 3.94. The van der Waals surface area contributed by atoms with Crippen LogP contribution >= 0.6 is 0 Å². The number of rotatable bonds is 1. The molecule has 0 radical (unpaired) electrons. The SMILES string of the molecule is Cn1c(-c2ccnnc2)nc2ccc(C#N)cc21. The van der Waals surface area contributed by atoms with Crippen LogP contribution in [0.4, 0.5) is 0 Å². The van der Waals surface area contributed by atoms with Crippen LogP contribution in [-0.2, 0) is 7.05 Å². The fourth-order valence-corrected chi connectivity index (χ4v) is 1.94. The quantitative estimate of drug-likeness (QED) is 0.646. The van der Waals surface area contributed by atoms with E-state index in [9.17, 15) is 0 Å². The molecule has 0 amide bonds. The van der Waals surface area contributed by atoms with Crippen molar-refractivity contribution in [1.82, 2.24) is 19.7 Å². The Kier molecular flexibility index (Phi) is 2.27. The number of nitrogens with zero attached hydrogens (tertiary/aromatic N) is 5. The molecule has 2 heterocycles. The first-order valence-corrected chi connectivity index (χ1v) is 5.43. The lowest BCUT2D eigenvalue weighted by Gasteiger charge is -2.00. The number of aromatic nitrogens is 4. The van der Waals surface area contributed by atoms with Gasteiger partial charge in [-0.3, -0.25) is 0 Å². The minimum atomic E-state index is 0.630. The van der Waals surface area contributed by atoms with Crippen molar-refractivity contribution in [3.05, 3.63) is 42.2 Å². The van der Waals surface area contributed by atoms with Crippen LogP contribution in [0, 0.1) is 11.3 Å². The maximum absolute atomic E-state index is 8.91. The number of benzene rings is 1. The minimum Gasteiger partial charge on any atom is -0.327 e. The van der Waals surface area contributed by atoms with Gasteiger partial charge in [0.15, 0.2) is 0 Å². The van der Waals surface area contributed by atoms with Gasteiger partial charge in [-0.1, -0.05) is 0 Å². The molecule has 1 aromatic carbocycles. The van der Waals surface area contributed by atoms with Crippen molar-refractivity contribution in [2.75, 3.05) is 0 Å². The first-order chi connectivity index (χ1) is 8.79. The molecule has 0 saturated heterocycles. The molecule has 0 bridgehead atoms. The van der Waals surface area contributed by atoms with E-state index >= 15 is 0 Å². The van der Waals surface area contributed by atoms with Crippen LogP contribution < -0.4 is 0 Å². The average molecular weight is 235 g/mol. The van der Waals surface area contributed by atoms with Gasteiger partial charge < -0.3 is 4.57 Å². The third-order valence-corrected chi connectivity index (χ3v) is 2.85. The molecule has 0 unspecified atom stereocenters. The van der Waals surface area contributed by atoms with E-state index in [4.69, 9.17) is 5.26 Å². The van der Waals surface area contributed by atoms with Crippen LogP contribution in [0.5, 0.6) is 0 Å². The standard InChI is InChI=1S/C13H9N5/c1-18-12-6-9(7-14)2-3-11(12)17-13(18)10-4-5-15-16-8-10/h2-6,8H,1H3. The first kappa shape index (κ1) is 10.4. The molecule has 0 spiro atoms. The van der Waals surface area contributed by atoms with Crippen molar-refractivity contribution in [2.24, 2.45) is 7.05 Å². The van der Waals surface area contributed by atoms with E-state index < -0.39 is 0 Å². The third-order valence-electron chi connectivity index (χ3n) is 2.85. The summed E-state index contributed by atoms with van der Waals surface area (Å²) < 4.78 is 1.95. The molecule has 5 heteroatoms. The summed E-state index contributed by atoms with van der Waals surface area (Å²) in [5, 5.41) is 16.5. The molecular weight excluding hydrogens is 226 g/mol. The van der Waals surface area contributed by atoms with E-state index in [-0.39, 0.29) is 0 Å². The molecule has 0 aliphatic rings. The number of nitriles is 1. The molecule has 18 heavy (non-hydrogen) atoms. The monoisotopic (exact) mass is 235 g/mol. The van der Waals surface area contributed by atoms with Gasteiger partial charge in [0.1, 0.15) is 5.82 Å². The maximum Gasteiger partial charge on any atom is 0.142 e. The Bertz CT molecular complexity index is 752. The number of hydrogen-bond donors (Lipinski definition) is 0. The molecule has 0 fully saturated rings. The Morgan fingerprint density at radius 2 is 2.11 bits per heavy atom. The summed E-state index contributed by atoms with van der Waals surface area (Å²) in [6.07, 6.45) is 3.31. The van der Waals surface area contributed by atoms with Crippen LogP contribution in [0.3, 0.4) is 0 Å². The Morgan fingerprint density at radius 1 is 1.22 bits per heavy atom. The molecule has 0 aliphatic heterocycles. The lowest BCUT2D eigenvalue weighted by Crippen LogP contribution is -1.93. The Balaban J connectivity index is 2.27. The Hall–Kier alpha value is -2.74. The van der Waals surface area contributed by atoms with Gasteiger partial charge in [0.25, 0.3) is 0 Å².